The van der Waals surface area contributed by atoms with Crippen molar-refractivity contribution in [2.75, 3.05) is 25.9 Å². The van der Waals surface area contributed by atoms with Gasteiger partial charge in [0.2, 0.25) is 5.91 Å². The third-order valence-electron chi connectivity index (χ3n) is 3.73. The van der Waals surface area contributed by atoms with Crippen LogP contribution in [0.1, 0.15) is 23.2 Å². The van der Waals surface area contributed by atoms with E-state index in [1.807, 2.05) is 0 Å². The normalized spacial score (nSPS) is 15.1. The van der Waals surface area contributed by atoms with Gasteiger partial charge in [-0.25, -0.2) is 0 Å². The molecule has 0 saturated carbocycles. The van der Waals surface area contributed by atoms with Crippen LogP contribution >= 0.6 is 24.0 Å². The van der Waals surface area contributed by atoms with Crippen LogP contribution in [0.5, 0.6) is 5.75 Å². The Morgan fingerprint density at radius 3 is 2.41 bits per heavy atom. The summed E-state index contributed by atoms with van der Waals surface area (Å²) in [7, 11) is 1.47. The van der Waals surface area contributed by atoms with Gasteiger partial charge in [-0.2, -0.15) is 0 Å². The Bertz CT molecular complexity index is 573. The zero-order valence-electron chi connectivity index (χ0n) is 12.2. The van der Waals surface area contributed by atoms with Gasteiger partial charge >= 0.3 is 0 Å². The highest BCUT2D eigenvalue weighted by molar-refractivity contribution is 6.33. The molecule has 1 saturated heterocycles. The quantitative estimate of drug-likeness (QED) is 0.812. The number of likely N-dealkylation sites (tertiary alicyclic amines) is 1. The highest BCUT2D eigenvalue weighted by Gasteiger charge is 2.28. The van der Waals surface area contributed by atoms with Crippen molar-refractivity contribution in [3.05, 3.63) is 22.7 Å². The van der Waals surface area contributed by atoms with Crippen LogP contribution in [-0.2, 0) is 4.79 Å². The number of piperidine rings is 1. The number of amides is 2. The van der Waals surface area contributed by atoms with E-state index in [0.29, 0.717) is 48.0 Å². The number of halogens is 2. The topological polar surface area (TPSA) is 98.7 Å². The van der Waals surface area contributed by atoms with E-state index in [4.69, 9.17) is 27.8 Å². The lowest BCUT2D eigenvalue weighted by Crippen LogP contribution is -2.41. The summed E-state index contributed by atoms with van der Waals surface area (Å²) in [5, 5.41) is 0.311. The van der Waals surface area contributed by atoms with Crippen molar-refractivity contribution in [2.45, 2.75) is 12.8 Å². The Morgan fingerprint density at radius 2 is 1.91 bits per heavy atom. The molecule has 0 spiro atoms. The molecule has 2 amide bonds. The van der Waals surface area contributed by atoms with E-state index in [1.165, 1.54) is 19.2 Å². The van der Waals surface area contributed by atoms with Crippen molar-refractivity contribution in [3.63, 3.8) is 0 Å². The maximum absolute atomic E-state index is 12.5. The summed E-state index contributed by atoms with van der Waals surface area (Å²) in [6.45, 7) is 0.967. The maximum Gasteiger partial charge on any atom is 0.257 e. The summed E-state index contributed by atoms with van der Waals surface area (Å²) in [6, 6.07) is 3.05. The van der Waals surface area contributed by atoms with Gasteiger partial charge in [0, 0.05) is 25.1 Å². The number of hydrogen-bond acceptors (Lipinski definition) is 4. The summed E-state index contributed by atoms with van der Waals surface area (Å²) < 4.78 is 5.19. The zero-order chi connectivity index (χ0) is 15.6. The molecule has 8 heteroatoms. The molecule has 0 unspecified atom stereocenters. The van der Waals surface area contributed by atoms with E-state index < -0.39 is 0 Å². The van der Waals surface area contributed by atoms with Crippen LogP contribution in [0.4, 0.5) is 5.69 Å². The minimum atomic E-state index is -0.310. The number of carbonyl (C=O) groups excluding carboxylic acids is 2. The van der Waals surface area contributed by atoms with E-state index in [2.05, 4.69) is 0 Å². The molecular weight excluding hydrogens is 329 g/mol. The summed E-state index contributed by atoms with van der Waals surface area (Å²) >= 11 is 5.98. The zero-order valence-corrected chi connectivity index (χ0v) is 13.7. The highest BCUT2D eigenvalue weighted by atomic mass is 35.5. The Hall–Kier alpha value is -1.66. The van der Waals surface area contributed by atoms with Gasteiger partial charge in [-0.3, -0.25) is 9.59 Å². The highest BCUT2D eigenvalue weighted by Crippen LogP contribution is 2.30. The number of nitrogen functional groups attached to an aromatic ring is 1. The maximum atomic E-state index is 12.5. The first-order chi connectivity index (χ1) is 9.93. The molecule has 122 valence electrons. The van der Waals surface area contributed by atoms with E-state index >= 15 is 0 Å². The number of hydrogen-bond donors (Lipinski definition) is 2. The molecule has 1 heterocycles. The van der Waals surface area contributed by atoms with Crippen molar-refractivity contribution in [2.24, 2.45) is 11.7 Å². The van der Waals surface area contributed by atoms with Gasteiger partial charge in [0.25, 0.3) is 5.91 Å². The van der Waals surface area contributed by atoms with Gasteiger partial charge in [0.05, 0.1) is 23.4 Å². The number of anilines is 1. The number of benzene rings is 1. The lowest BCUT2D eigenvalue weighted by molar-refractivity contribution is -0.123. The number of ether oxygens (including phenoxy) is 1. The number of nitrogens with zero attached hydrogens (tertiary/aromatic N) is 1. The molecule has 6 nitrogen and oxygen atoms in total. The van der Waals surface area contributed by atoms with Crippen LogP contribution in [0.3, 0.4) is 0 Å². The van der Waals surface area contributed by atoms with Crippen molar-refractivity contribution < 1.29 is 14.3 Å². The van der Waals surface area contributed by atoms with Gasteiger partial charge in [0.15, 0.2) is 0 Å². The van der Waals surface area contributed by atoms with Crippen LogP contribution < -0.4 is 16.2 Å². The van der Waals surface area contributed by atoms with Gasteiger partial charge in [-0.1, -0.05) is 11.6 Å². The van der Waals surface area contributed by atoms with Gasteiger partial charge in [-0.05, 0) is 18.9 Å². The van der Waals surface area contributed by atoms with E-state index in [9.17, 15) is 9.59 Å². The second-order valence-corrected chi connectivity index (χ2v) is 5.45. The SMILES string of the molecule is COc1cc(N)c(Cl)cc1C(=O)N1CCC(C(N)=O)CC1.Cl. The summed E-state index contributed by atoms with van der Waals surface area (Å²) in [5.74, 6) is -0.267. The standard InChI is InChI=1S/C14H18ClN3O3.ClH/c1-21-12-7-11(16)10(15)6-9(12)14(20)18-4-2-8(3-5-18)13(17)19;/h6-8H,2-5,16H2,1H3,(H2,17,19);1H. The van der Waals surface area contributed by atoms with Crippen molar-refractivity contribution in [1.29, 1.82) is 0 Å². The monoisotopic (exact) mass is 347 g/mol. The summed E-state index contributed by atoms with van der Waals surface area (Å²) in [4.78, 5) is 25.4. The third-order valence-corrected chi connectivity index (χ3v) is 4.06. The lowest BCUT2D eigenvalue weighted by atomic mass is 9.96. The van der Waals surface area contributed by atoms with Gasteiger partial charge in [0.1, 0.15) is 5.75 Å². The minimum Gasteiger partial charge on any atom is -0.496 e. The molecule has 1 aliphatic heterocycles. The molecule has 2 rings (SSSR count). The predicted molar refractivity (Wildman–Crippen MR) is 87.5 cm³/mol. The van der Waals surface area contributed by atoms with E-state index in [1.54, 1.807) is 4.90 Å². The number of primary amides is 1. The first-order valence-electron chi connectivity index (χ1n) is 6.65. The third kappa shape index (κ3) is 3.75. The first kappa shape index (κ1) is 18.4. The van der Waals surface area contributed by atoms with Crippen molar-refractivity contribution in [3.8, 4) is 5.75 Å². The second kappa shape index (κ2) is 7.56. The van der Waals surface area contributed by atoms with Crippen LogP contribution in [0.2, 0.25) is 5.02 Å². The molecule has 1 aromatic carbocycles. The largest absolute Gasteiger partial charge is 0.496 e. The molecule has 0 atom stereocenters. The molecule has 0 aliphatic carbocycles. The average Bonchev–Trinajstić information content (AvgIpc) is 2.49. The lowest BCUT2D eigenvalue weighted by Gasteiger charge is -2.31. The number of nitrogens with two attached hydrogens (primary N) is 2. The van der Waals surface area contributed by atoms with Crippen molar-refractivity contribution in [1.82, 2.24) is 4.90 Å². The molecule has 4 N–H and O–H groups in total. The Labute approximate surface area is 140 Å². The fourth-order valence-corrected chi connectivity index (χ4v) is 2.61. The fourth-order valence-electron chi connectivity index (χ4n) is 2.44. The molecule has 1 aromatic rings. The number of rotatable bonds is 3. The van der Waals surface area contributed by atoms with Crippen molar-refractivity contribution >= 4 is 41.5 Å². The molecule has 1 fully saturated rings. The summed E-state index contributed by atoms with van der Waals surface area (Å²) in [6.07, 6.45) is 1.15. The molecular formula is C14H19Cl2N3O3. The average molecular weight is 348 g/mol. The van der Waals surface area contributed by atoms with E-state index in [0.717, 1.165) is 0 Å². The molecule has 0 radical (unpaired) electrons. The van der Waals surface area contributed by atoms with Crippen LogP contribution in [0, 0.1) is 5.92 Å². The molecule has 0 aromatic heterocycles. The summed E-state index contributed by atoms with van der Waals surface area (Å²) in [5.41, 5.74) is 11.7. The molecule has 1 aliphatic rings. The minimum absolute atomic E-state index is 0. The molecule has 0 bridgehead atoms. The Morgan fingerprint density at radius 1 is 1.32 bits per heavy atom. The predicted octanol–water partition coefficient (Wildman–Crippen LogP) is 1.69. The number of carbonyl (C=O) groups is 2. The van der Waals surface area contributed by atoms with Crippen LogP contribution in [-0.4, -0.2) is 36.9 Å². The first-order valence-corrected chi connectivity index (χ1v) is 7.03. The Balaban J connectivity index is 0.00000242. The van der Waals surface area contributed by atoms with Crippen LogP contribution in [0.15, 0.2) is 12.1 Å². The molecule has 22 heavy (non-hydrogen) atoms. The van der Waals surface area contributed by atoms with E-state index in [-0.39, 0.29) is 30.1 Å². The number of methoxy groups -OCH3 is 1. The second-order valence-electron chi connectivity index (χ2n) is 5.04. The van der Waals surface area contributed by atoms with Crippen LogP contribution in [0.25, 0.3) is 0 Å². The van der Waals surface area contributed by atoms with Gasteiger partial charge < -0.3 is 21.1 Å². The fraction of sp³-hybridized carbons (Fsp3) is 0.429. The smallest absolute Gasteiger partial charge is 0.257 e. The Kier molecular flexibility index (Phi) is 6.32. The van der Waals surface area contributed by atoms with Gasteiger partial charge in [-0.15, -0.1) is 12.4 Å².